The third kappa shape index (κ3) is 6.39. The number of rotatable bonds is 5. The van der Waals surface area contributed by atoms with Crippen molar-refractivity contribution in [3.8, 4) is 23.7 Å². The molecule has 2 aromatic heterocycles. The van der Waals surface area contributed by atoms with E-state index in [9.17, 15) is 22.2 Å². The molecule has 0 aliphatic heterocycles. The van der Waals surface area contributed by atoms with Crippen LogP contribution in [0.2, 0.25) is 0 Å². The lowest BCUT2D eigenvalue weighted by atomic mass is 10.0. The van der Waals surface area contributed by atoms with Gasteiger partial charge in [0, 0.05) is 28.6 Å². The number of carbonyl (C=O) groups excluding carboxylic acids is 1. The molecule has 0 saturated heterocycles. The first-order chi connectivity index (χ1) is 19.0. The third-order valence-corrected chi connectivity index (χ3v) is 6.32. The summed E-state index contributed by atoms with van der Waals surface area (Å²) in [7, 11) is -3.22. The molecule has 2 N–H and O–H groups in total. The number of nitrogens with one attached hydrogen (secondary N) is 2. The zero-order chi connectivity index (χ0) is 29.0. The number of H-pyrrole nitrogens is 2. The topological polar surface area (TPSA) is 57.9 Å². The molecule has 0 bridgehead atoms. The van der Waals surface area contributed by atoms with Gasteiger partial charge in [0.05, 0.1) is 16.8 Å². The Morgan fingerprint density at radius 2 is 1.15 bits per heavy atom. The molecular formula is C31H23BF4N2O2. The number of hydrogen-bond acceptors (Lipinski definition) is 2. The number of carbonyl (C=O) groups is 1. The van der Waals surface area contributed by atoms with Gasteiger partial charge in [-0.25, -0.2) is 17.4 Å². The van der Waals surface area contributed by atoms with Crippen molar-refractivity contribution in [1.82, 2.24) is 9.97 Å². The van der Waals surface area contributed by atoms with Crippen molar-refractivity contribution in [2.75, 3.05) is 0 Å². The van der Waals surface area contributed by atoms with Crippen molar-refractivity contribution in [3.63, 3.8) is 0 Å². The largest absolute Gasteiger partial charge is 0.796 e. The van der Waals surface area contributed by atoms with Gasteiger partial charge in [0.15, 0.2) is 0 Å². The number of aromatic amines is 2. The summed E-state index contributed by atoms with van der Waals surface area (Å²) in [4.78, 5) is 19.4. The second-order valence-electron chi connectivity index (χ2n) is 9.02. The van der Waals surface area contributed by atoms with E-state index < -0.39 is 30.6 Å². The third-order valence-electron chi connectivity index (χ3n) is 6.32. The zero-order valence-electron chi connectivity index (χ0n) is 22.1. The Morgan fingerprint density at radius 3 is 1.60 bits per heavy atom. The van der Waals surface area contributed by atoms with Crippen LogP contribution in [0.3, 0.4) is 0 Å². The lowest BCUT2D eigenvalue weighted by Gasteiger charge is -2.08. The summed E-state index contributed by atoms with van der Waals surface area (Å²) in [6.07, 6.45) is 0.966. The monoisotopic (exact) mass is 542 g/mol. The molecule has 4 rings (SSSR count). The Hall–Kier alpha value is -4.89. The summed E-state index contributed by atoms with van der Waals surface area (Å²) in [5.41, 5.74) is 4.71. The van der Waals surface area contributed by atoms with Gasteiger partial charge >= 0.3 is 7.47 Å². The molecule has 0 radical (unpaired) electrons. The molecule has 2 heterocycles. The summed E-state index contributed by atoms with van der Waals surface area (Å²) < 4.78 is 58.4. The van der Waals surface area contributed by atoms with Crippen molar-refractivity contribution in [1.29, 1.82) is 0 Å². The van der Waals surface area contributed by atoms with Crippen LogP contribution in [-0.4, -0.2) is 23.2 Å². The molecule has 2 aromatic carbocycles. The maximum Gasteiger partial charge on any atom is 0.796 e. The first kappa shape index (κ1) is 28.1. The van der Waals surface area contributed by atoms with Crippen molar-refractivity contribution in [2.24, 2.45) is 0 Å². The van der Waals surface area contributed by atoms with Crippen molar-refractivity contribution in [2.45, 2.75) is 27.7 Å². The van der Waals surface area contributed by atoms with E-state index in [0.717, 1.165) is 6.08 Å². The predicted octanol–water partition coefficient (Wildman–Crippen LogP) is 6.82. The predicted molar refractivity (Wildman–Crippen MR) is 147 cm³/mol. The molecule has 4 aromatic rings. The van der Waals surface area contributed by atoms with E-state index in [4.69, 9.17) is 4.65 Å². The van der Waals surface area contributed by atoms with E-state index in [1.165, 1.54) is 48.5 Å². The Labute approximate surface area is 229 Å². The lowest BCUT2D eigenvalue weighted by molar-refractivity contribution is 0.104. The van der Waals surface area contributed by atoms with Crippen LogP contribution in [0.1, 0.15) is 61.0 Å². The van der Waals surface area contributed by atoms with E-state index >= 15 is 0 Å². The van der Waals surface area contributed by atoms with Crippen LogP contribution < -0.4 is 0 Å². The van der Waals surface area contributed by atoms with E-state index in [1.54, 1.807) is 27.7 Å². The maximum absolute atomic E-state index is 13.5. The molecule has 40 heavy (non-hydrogen) atoms. The summed E-state index contributed by atoms with van der Waals surface area (Å²) in [5, 5.41) is 0. The van der Waals surface area contributed by atoms with Crippen molar-refractivity contribution in [3.05, 3.63) is 122 Å². The summed E-state index contributed by atoms with van der Waals surface area (Å²) >= 11 is 0. The van der Waals surface area contributed by atoms with Crippen LogP contribution in [0.4, 0.5) is 17.4 Å². The van der Waals surface area contributed by atoms with Gasteiger partial charge < -0.3 is 14.6 Å². The van der Waals surface area contributed by atoms with Gasteiger partial charge in [-0.3, -0.25) is 4.79 Å². The minimum atomic E-state index is -3.22. The molecule has 0 unspecified atom stereocenters. The number of halogens is 4. The molecule has 9 heteroatoms. The Morgan fingerprint density at radius 1 is 0.725 bits per heavy atom. The van der Waals surface area contributed by atoms with Crippen LogP contribution in [0, 0.1) is 63.0 Å². The molecule has 0 aliphatic rings. The zero-order valence-corrected chi connectivity index (χ0v) is 22.1. The Balaban J connectivity index is 1.78. The molecule has 200 valence electrons. The van der Waals surface area contributed by atoms with Crippen LogP contribution in [0.15, 0.2) is 54.6 Å². The average molecular weight is 542 g/mol. The standard InChI is InChI=1S/C31H23BF4N2O2/c1-18-20(3)37-30(26(18)15-9-22-5-11-24(33)12-6-22)28(39)17-29(40-32(35)36)31-27(19(2)21(4)38-31)16-10-23-7-13-25(34)14-8-23/h5-8,11-14,17,37-38H,1-4H3/b29-17-. The summed E-state index contributed by atoms with van der Waals surface area (Å²) in [5.74, 6) is 9.81. The molecule has 0 saturated carbocycles. The van der Waals surface area contributed by atoms with E-state index in [1.807, 2.05) is 0 Å². The fraction of sp³-hybridized carbons (Fsp3) is 0.129. The molecule has 0 amide bonds. The van der Waals surface area contributed by atoms with Gasteiger partial charge in [-0.15, -0.1) is 0 Å². The van der Waals surface area contributed by atoms with Crippen LogP contribution in [-0.2, 0) is 4.65 Å². The van der Waals surface area contributed by atoms with Crippen LogP contribution in [0.25, 0.3) is 5.76 Å². The van der Waals surface area contributed by atoms with E-state index in [0.29, 0.717) is 44.8 Å². The second kappa shape index (κ2) is 11.9. The number of aromatic nitrogens is 2. The minimum absolute atomic E-state index is 0.0962. The lowest BCUT2D eigenvalue weighted by Crippen LogP contribution is -2.08. The highest BCUT2D eigenvalue weighted by Crippen LogP contribution is 2.27. The van der Waals surface area contributed by atoms with Crippen LogP contribution >= 0.6 is 0 Å². The fourth-order valence-electron chi connectivity index (χ4n) is 3.91. The van der Waals surface area contributed by atoms with E-state index in [-0.39, 0.29) is 11.4 Å². The first-order valence-electron chi connectivity index (χ1n) is 12.2. The van der Waals surface area contributed by atoms with Crippen LogP contribution in [0.5, 0.6) is 0 Å². The smallest absolute Gasteiger partial charge is 0.503 e. The highest BCUT2D eigenvalue weighted by molar-refractivity contribution is 6.36. The Bertz CT molecular complexity index is 1730. The summed E-state index contributed by atoms with van der Waals surface area (Å²) in [6, 6.07) is 11.1. The second-order valence-corrected chi connectivity index (χ2v) is 9.02. The van der Waals surface area contributed by atoms with Gasteiger partial charge in [0.25, 0.3) is 0 Å². The average Bonchev–Trinajstić information content (AvgIpc) is 3.37. The molecule has 0 spiro atoms. The minimum Gasteiger partial charge on any atom is -0.503 e. The number of hydrogen-bond donors (Lipinski definition) is 2. The van der Waals surface area contributed by atoms with Crippen molar-refractivity contribution >= 4 is 19.0 Å². The van der Waals surface area contributed by atoms with Crippen molar-refractivity contribution < 1.29 is 26.9 Å². The highest BCUT2D eigenvalue weighted by atomic mass is 19.2. The quantitative estimate of drug-likeness (QED) is 0.0727. The first-order valence-corrected chi connectivity index (χ1v) is 12.2. The SMILES string of the molecule is Cc1[nH]c(C(=O)/C=C(\OB(F)F)c2[nH]c(C)c(C)c2C#Cc2ccc(F)cc2)c(C#Cc2ccc(F)cc2)c1C. The number of benzene rings is 2. The highest BCUT2D eigenvalue weighted by Gasteiger charge is 2.26. The van der Waals surface area contributed by atoms with Gasteiger partial charge in [0.2, 0.25) is 5.78 Å². The normalized spacial score (nSPS) is 10.8. The molecule has 0 atom stereocenters. The molecule has 0 aliphatic carbocycles. The van der Waals surface area contributed by atoms with Gasteiger partial charge in [-0.1, -0.05) is 23.7 Å². The van der Waals surface area contributed by atoms with Gasteiger partial charge in [-0.2, -0.15) is 0 Å². The molecular weight excluding hydrogens is 519 g/mol. The van der Waals surface area contributed by atoms with Gasteiger partial charge in [-0.05, 0) is 87.4 Å². The number of aryl methyl sites for hydroxylation is 2. The Kier molecular flexibility index (Phi) is 8.36. The summed E-state index contributed by atoms with van der Waals surface area (Å²) in [6.45, 7) is 7.03. The maximum atomic E-state index is 13.5. The number of ketones is 1. The molecule has 0 fully saturated rings. The van der Waals surface area contributed by atoms with E-state index in [2.05, 4.69) is 33.6 Å². The number of allylic oxidation sites excluding steroid dienone is 1. The fourth-order valence-corrected chi connectivity index (χ4v) is 3.91. The molecule has 4 nitrogen and oxygen atoms in total. The van der Waals surface area contributed by atoms with Gasteiger partial charge in [0.1, 0.15) is 23.1 Å².